The molecule has 0 fully saturated rings. The first kappa shape index (κ1) is 23.9. The first-order valence-corrected chi connectivity index (χ1v) is 11.3. The Kier molecular flexibility index (Phi) is 9.33. The van der Waals surface area contributed by atoms with Crippen LogP contribution in [0.3, 0.4) is 0 Å². The van der Waals surface area contributed by atoms with Crippen molar-refractivity contribution in [3.63, 3.8) is 0 Å². The van der Waals surface area contributed by atoms with Crippen molar-refractivity contribution in [3.05, 3.63) is 90.0 Å². The third kappa shape index (κ3) is 8.33. The van der Waals surface area contributed by atoms with Gasteiger partial charge in [-0.25, -0.2) is 0 Å². The Bertz CT molecular complexity index is 1020. The molecule has 0 saturated carbocycles. The Morgan fingerprint density at radius 1 is 0.879 bits per heavy atom. The Morgan fingerprint density at radius 3 is 2.42 bits per heavy atom. The Balaban J connectivity index is 1.40. The Morgan fingerprint density at radius 2 is 1.67 bits per heavy atom. The molecule has 0 heterocycles. The topological polar surface area (TPSA) is 79.5 Å². The van der Waals surface area contributed by atoms with Crippen molar-refractivity contribution >= 4 is 23.2 Å². The second-order valence-electron chi connectivity index (χ2n) is 7.70. The first-order valence-electron chi connectivity index (χ1n) is 11.3. The molecule has 3 N–H and O–H groups in total. The lowest BCUT2D eigenvalue weighted by molar-refractivity contribution is -0.114. The van der Waals surface area contributed by atoms with Crippen LogP contribution in [0, 0.1) is 0 Å². The van der Waals surface area contributed by atoms with Gasteiger partial charge in [0.2, 0.25) is 5.91 Å². The van der Waals surface area contributed by atoms with Crippen LogP contribution in [-0.4, -0.2) is 31.5 Å². The number of amides is 2. The van der Waals surface area contributed by atoms with Gasteiger partial charge in [-0.3, -0.25) is 9.59 Å². The lowest BCUT2D eigenvalue weighted by atomic mass is 10.1. The monoisotopic (exact) mass is 445 g/mol. The van der Waals surface area contributed by atoms with E-state index in [1.54, 1.807) is 24.3 Å². The van der Waals surface area contributed by atoms with Crippen LogP contribution in [0.5, 0.6) is 5.75 Å². The molecule has 0 aliphatic carbocycles. The van der Waals surface area contributed by atoms with Crippen molar-refractivity contribution in [2.75, 3.05) is 30.3 Å². The summed E-state index contributed by atoms with van der Waals surface area (Å²) < 4.78 is 5.83. The summed E-state index contributed by atoms with van der Waals surface area (Å²) in [6.07, 6.45) is 2.78. The van der Waals surface area contributed by atoms with Crippen molar-refractivity contribution in [2.45, 2.75) is 26.2 Å². The summed E-state index contributed by atoms with van der Waals surface area (Å²) in [4.78, 5) is 24.3. The molecule has 0 saturated heterocycles. The van der Waals surface area contributed by atoms with Gasteiger partial charge in [0.1, 0.15) is 5.75 Å². The van der Waals surface area contributed by atoms with E-state index >= 15 is 0 Å². The molecular formula is C27H31N3O3. The average Bonchev–Trinajstić information content (AvgIpc) is 2.85. The van der Waals surface area contributed by atoms with Gasteiger partial charge >= 0.3 is 0 Å². The second kappa shape index (κ2) is 12.9. The summed E-state index contributed by atoms with van der Waals surface area (Å²) in [5.41, 5.74) is 3.35. The van der Waals surface area contributed by atoms with E-state index in [1.165, 1.54) is 5.56 Å². The maximum atomic E-state index is 12.3. The zero-order valence-corrected chi connectivity index (χ0v) is 19.0. The molecule has 6 heteroatoms. The molecule has 0 atom stereocenters. The third-order valence-corrected chi connectivity index (χ3v) is 4.97. The molecule has 33 heavy (non-hydrogen) atoms. The first-order chi connectivity index (χ1) is 16.1. The number of aryl methyl sites for hydroxylation is 1. The van der Waals surface area contributed by atoms with Crippen LogP contribution < -0.4 is 20.7 Å². The smallest absolute Gasteiger partial charge is 0.251 e. The van der Waals surface area contributed by atoms with E-state index in [0.29, 0.717) is 24.4 Å². The number of carbonyl (C=O) groups excluding carboxylic acids is 2. The molecule has 2 amide bonds. The summed E-state index contributed by atoms with van der Waals surface area (Å²) in [5, 5.41) is 8.79. The summed E-state index contributed by atoms with van der Waals surface area (Å²) in [5.74, 6) is 0.468. The SMILES string of the molecule is CCCNC(=O)c1ccc(NCC(=O)Nc2cccc(OCCCc3ccccc3)c2)cc1. The highest BCUT2D eigenvalue weighted by Crippen LogP contribution is 2.18. The van der Waals surface area contributed by atoms with Gasteiger partial charge in [-0.1, -0.05) is 43.3 Å². The summed E-state index contributed by atoms with van der Waals surface area (Å²) in [7, 11) is 0. The van der Waals surface area contributed by atoms with Crippen molar-refractivity contribution in [2.24, 2.45) is 0 Å². The fourth-order valence-corrected chi connectivity index (χ4v) is 3.24. The lowest BCUT2D eigenvalue weighted by Crippen LogP contribution is -2.24. The molecule has 0 spiro atoms. The zero-order chi connectivity index (χ0) is 23.3. The number of hydrogen-bond acceptors (Lipinski definition) is 4. The fraction of sp³-hybridized carbons (Fsp3) is 0.259. The number of ether oxygens (including phenoxy) is 1. The van der Waals surface area contributed by atoms with Crippen LogP contribution in [0.25, 0.3) is 0 Å². The molecule has 3 aromatic rings. The van der Waals surface area contributed by atoms with Gasteiger partial charge in [-0.05, 0) is 61.2 Å². The maximum Gasteiger partial charge on any atom is 0.251 e. The van der Waals surface area contributed by atoms with E-state index in [1.807, 2.05) is 49.4 Å². The van der Waals surface area contributed by atoms with Crippen molar-refractivity contribution in [1.82, 2.24) is 5.32 Å². The number of carbonyl (C=O) groups is 2. The van der Waals surface area contributed by atoms with Gasteiger partial charge in [-0.15, -0.1) is 0 Å². The minimum Gasteiger partial charge on any atom is -0.494 e. The van der Waals surface area contributed by atoms with Crippen LogP contribution in [-0.2, 0) is 11.2 Å². The minimum atomic E-state index is -0.166. The van der Waals surface area contributed by atoms with Gasteiger partial charge < -0.3 is 20.7 Å². The molecule has 0 bridgehead atoms. The number of nitrogens with one attached hydrogen (secondary N) is 3. The normalized spacial score (nSPS) is 10.3. The lowest BCUT2D eigenvalue weighted by Gasteiger charge is -2.11. The maximum absolute atomic E-state index is 12.3. The number of rotatable bonds is 12. The highest BCUT2D eigenvalue weighted by Gasteiger charge is 2.06. The standard InChI is InChI=1S/C27H31N3O3/c1-2-17-28-27(32)22-13-15-23(16-14-22)29-20-26(31)30-24-11-6-12-25(19-24)33-18-7-10-21-8-4-3-5-9-21/h3-6,8-9,11-16,19,29H,2,7,10,17-18,20H2,1H3,(H,28,32)(H,30,31). The summed E-state index contributed by atoms with van der Waals surface area (Å²) in [6, 6.07) is 24.8. The third-order valence-electron chi connectivity index (χ3n) is 4.97. The van der Waals surface area contributed by atoms with Gasteiger partial charge in [0, 0.05) is 29.5 Å². The van der Waals surface area contributed by atoms with Crippen LogP contribution in [0.1, 0.15) is 35.7 Å². The van der Waals surface area contributed by atoms with Crippen molar-refractivity contribution in [3.8, 4) is 5.75 Å². The van der Waals surface area contributed by atoms with Crippen LogP contribution in [0.15, 0.2) is 78.9 Å². The van der Waals surface area contributed by atoms with Gasteiger partial charge in [0.25, 0.3) is 5.91 Å². The van der Waals surface area contributed by atoms with Crippen molar-refractivity contribution < 1.29 is 14.3 Å². The quantitative estimate of drug-likeness (QED) is 0.347. The van der Waals surface area contributed by atoms with E-state index in [-0.39, 0.29) is 18.4 Å². The van der Waals surface area contributed by atoms with Gasteiger partial charge in [0.15, 0.2) is 0 Å². The van der Waals surface area contributed by atoms with E-state index in [9.17, 15) is 9.59 Å². The van der Waals surface area contributed by atoms with Crippen LogP contribution in [0.4, 0.5) is 11.4 Å². The van der Waals surface area contributed by atoms with E-state index in [4.69, 9.17) is 4.74 Å². The predicted octanol–water partition coefficient (Wildman–Crippen LogP) is 4.89. The summed E-state index contributed by atoms with van der Waals surface area (Å²) in [6.45, 7) is 3.39. The summed E-state index contributed by atoms with van der Waals surface area (Å²) >= 11 is 0. The minimum absolute atomic E-state index is 0.0942. The zero-order valence-electron chi connectivity index (χ0n) is 19.0. The molecular weight excluding hydrogens is 414 g/mol. The van der Waals surface area contributed by atoms with Crippen LogP contribution >= 0.6 is 0 Å². The largest absolute Gasteiger partial charge is 0.494 e. The molecule has 6 nitrogen and oxygen atoms in total. The van der Waals surface area contributed by atoms with Gasteiger partial charge in [0.05, 0.1) is 13.2 Å². The fourth-order valence-electron chi connectivity index (χ4n) is 3.24. The van der Waals surface area contributed by atoms with E-state index in [2.05, 4.69) is 28.1 Å². The Hall–Kier alpha value is -3.80. The Labute approximate surface area is 195 Å². The van der Waals surface area contributed by atoms with E-state index in [0.717, 1.165) is 30.7 Å². The number of benzene rings is 3. The van der Waals surface area contributed by atoms with Gasteiger partial charge in [-0.2, -0.15) is 0 Å². The molecule has 0 aliphatic rings. The molecule has 3 rings (SSSR count). The predicted molar refractivity (Wildman–Crippen MR) is 133 cm³/mol. The number of hydrogen-bond donors (Lipinski definition) is 3. The number of anilines is 2. The average molecular weight is 446 g/mol. The highest BCUT2D eigenvalue weighted by molar-refractivity contribution is 5.95. The van der Waals surface area contributed by atoms with Crippen molar-refractivity contribution in [1.29, 1.82) is 0 Å². The van der Waals surface area contributed by atoms with E-state index < -0.39 is 0 Å². The molecule has 3 aromatic carbocycles. The van der Waals surface area contributed by atoms with Crippen LogP contribution in [0.2, 0.25) is 0 Å². The second-order valence-corrected chi connectivity index (χ2v) is 7.70. The molecule has 0 aliphatic heterocycles. The molecule has 0 radical (unpaired) electrons. The molecule has 0 aromatic heterocycles. The molecule has 0 unspecified atom stereocenters. The highest BCUT2D eigenvalue weighted by atomic mass is 16.5. The molecule has 172 valence electrons.